The highest BCUT2D eigenvalue weighted by Crippen LogP contribution is 1.76. The second-order valence-electron chi connectivity index (χ2n) is 2.75. The van der Waals surface area contributed by atoms with Crippen molar-refractivity contribution in [2.24, 2.45) is 11.5 Å². The molecular weight excluding hydrogens is 198 g/mol. The molecule has 6 nitrogen and oxygen atoms in total. The summed E-state index contributed by atoms with van der Waals surface area (Å²) in [5.74, 6) is -1.17. The Balaban J connectivity index is 0. The van der Waals surface area contributed by atoms with Crippen molar-refractivity contribution in [3.05, 3.63) is 12.7 Å². The number of nitrogens with two attached hydrogens (primary N) is 2. The van der Waals surface area contributed by atoms with E-state index in [9.17, 15) is 9.59 Å². The van der Waals surface area contributed by atoms with Crippen LogP contribution in [0.5, 0.6) is 0 Å². The number of carboxylic acid groups (broad SMARTS) is 1. The number of primary amides is 1. The van der Waals surface area contributed by atoms with E-state index in [2.05, 4.69) is 11.9 Å². The highest BCUT2D eigenvalue weighted by atomic mass is 16.4. The van der Waals surface area contributed by atoms with Gasteiger partial charge in [0.05, 0.1) is 12.5 Å². The van der Waals surface area contributed by atoms with Crippen molar-refractivity contribution in [3.8, 4) is 0 Å². The third-order valence-corrected chi connectivity index (χ3v) is 1.35. The van der Waals surface area contributed by atoms with Crippen molar-refractivity contribution in [2.45, 2.75) is 19.4 Å². The van der Waals surface area contributed by atoms with Crippen molar-refractivity contribution >= 4 is 11.9 Å². The van der Waals surface area contributed by atoms with E-state index in [4.69, 9.17) is 16.6 Å². The average Bonchev–Trinajstić information content (AvgIpc) is 2.14. The molecular formula is C9H19N3O3. The number of carbonyl (C=O) groups excluding carboxylic acids is 1. The zero-order valence-electron chi connectivity index (χ0n) is 8.90. The maximum Gasteiger partial charge on any atom is 0.304 e. The van der Waals surface area contributed by atoms with Gasteiger partial charge in [0.15, 0.2) is 0 Å². The summed E-state index contributed by atoms with van der Waals surface area (Å²) in [6, 6.07) is -0.261. The topological polar surface area (TPSA) is 118 Å². The molecule has 0 spiro atoms. The Bertz CT molecular complexity index is 207. The fourth-order valence-corrected chi connectivity index (χ4v) is 0.484. The first-order valence-electron chi connectivity index (χ1n) is 4.51. The van der Waals surface area contributed by atoms with Crippen LogP contribution in [0.4, 0.5) is 0 Å². The first kappa shape index (κ1) is 16.0. The van der Waals surface area contributed by atoms with Gasteiger partial charge in [-0.05, 0) is 6.92 Å². The molecule has 15 heavy (non-hydrogen) atoms. The molecule has 1 amide bonds. The van der Waals surface area contributed by atoms with Crippen molar-refractivity contribution in [3.63, 3.8) is 0 Å². The van der Waals surface area contributed by atoms with Crippen LogP contribution in [0.15, 0.2) is 12.7 Å². The quantitative estimate of drug-likeness (QED) is 0.428. The molecule has 0 radical (unpaired) electrons. The summed E-state index contributed by atoms with van der Waals surface area (Å²) in [5.41, 5.74) is 9.79. The fraction of sp³-hybridized carbons (Fsp3) is 0.556. The molecule has 0 bridgehead atoms. The molecule has 0 aromatic rings. The molecule has 88 valence electrons. The van der Waals surface area contributed by atoms with Crippen LogP contribution >= 0.6 is 0 Å². The van der Waals surface area contributed by atoms with E-state index < -0.39 is 5.97 Å². The Morgan fingerprint density at radius 3 is 2.33 bits per heavy atom. The average molecular weight is 217 g/mol. The van der Waals surface area contributed by atoms with Crippen LogP contribution in [-0.2, 0) is 9.59 Å². The molecule has 6 heteroatoms. The minimum atomic E-state index is -0.836. The lowest BCUT2D eigenvalue weighted by Crippen LogP contribution is -2.38. The van der Waals surface area contributed by atoms with E-state index in [-0.39, 0.29) is 24.9 Å². The normalized spacial score (nSPS) is 10.8. The summed E-state index contributed by atoms with van der Waals surface area (Å²) in [6.45, 7) is 6.04. The summed E-state index contributed by atoms with van der Waals surface area (Å²) in [7, 11) is 0. The van der Waals surface area contributed by atoms with Crippen LogP contribution in [0.25, 0.3) is 0 Å². The van der Waals surface area contributed by atoms with Gasteiger partial charge in [-0.25, -0.2) is 0 Å². The molecule has 1 atom stereocenters. The van der Waals surface area contributed by atoms with E-state index in [1.807, 2.05) is 0 Å². The standard InChI is InChI=1S/C6H12N2O.C3H7NO2/c1-3-4-8-5(2)6(7)9;4-2-1-3(5)6/h3,5,8H,1,4H2,2H3,(H2,7,9);1-2,4H2,(H,5,6). The lowest BCUT2D eigenvalue weighted by atomic mass is 10.3. The van der Waals surface area contributed by atoms with Gasteiger partial charge in [0.25, 0.3) is 0 Å². The highest BCUT2D eigenvalue weighted by molar-refractivity contribution is 5.79. The summed E-state index contributed by atoms with van der Waals surface area (Å²) in [4.78, 5) is 19.8. The molecule has 0 saturated heterocycles. The SMILES string of the molecule is C=CCNC(C)C(N)=O.NCCC(=O)O. The maximum absolute atomic E-state index is 10.3. The first-order chi connectivity index (χ1) is 6.95. The summed E-state index contributed by atoms with van der Waals surface area (Å²) < 4.78 is 0. The molecule has 0 aliphatic rings. The Hall–Kier alpha value is -1.40. The lowest BCUT2D eigenvalue weighted by molar-refractivity contribution is -0.136. The summed E-state index contributed by atoms with van der Waals surface area (Å²) >= 11 is 0. The van der Waals surface area contributed by atoms with Gasteiger partial charge in [0.2, 0.25) is 5.91 Å². The Labute approximate surface area is 89.3 Å². The van der Waals surface area contributed by atoms with Crippen LogP contribution in [0, 0.1) is 0 Å². The van der Waals surface area contributed by atoms with Crippen LogP contribution in [0.2, 0.25) is 0 Å². The number of rotatable bonds is 6. The van der Waals surface area contributed by atoms with Gasteiger partial charge in [-0.1, -0.05) is 6.08 Å². The molecule has 0 fully saturated rings. The van der Waals surface area contributed by atoms with Crippen molar-refractivity contribution in [1.82, 2.24) is 5.32 Å². The highest BCUT2D eigenvalue weighted by Gasteiger charge is 2.03. The van der Waals surface area contributed by atoms with Crippen LogP contribution in [-0.4, -0.2) is 36.1 Å². The number of hydrogen-bond acceptors (Lipinski definition) is 4. The zero-order chi connectivity index (χ0) is 12.3. The molecule has 1 unspecified atom stereocenters. The number of nitrogens with one attached hydrogen (secondary N) is 1. The van der Waals surface area contributed by atoms with E-state index >= 15 is 0 Å². The second kappa shape index (κ2) is 10.7. The van der Waals surface area contributed by atoms with Crippen LogP contribution in [0.3, 0.4) is 0 Å². The number of aliphatic carboxylic acids is 1. The molecule has 0 aliphatic heterocycles. The van der Waals surface area contributed by atoms with Gasteiger partial charge < -0.3 is 21.9 Å². The van der Waals surface area contributed by atoms with Gasteiger partial charge in [0, 0.05) is 13.1 Å². The van der Waals surface area contributed by atoms with E-state index in [0.29, 0.717) is 6.54 Å². The molecule has 0 aliphatic carbocycles. The van der Waals surface area contributed by atoms with E-state index in [0.717, 1.165) is 0 Å². The second-order valence-corrected chi connectivity index (χ2v) is 2.75. The molecule has 0 aromatic heterocycles. The zero-order valence-corrected chi connectivity index (χ0v) is 8.90. The van der Waals surface area contributed by atoms with Crippen LogP contribution in [0.1, 0.15) is 13.3 Å². The lowest BCUT2D eigenvalue weighted by Gasteiger charge is -2.05. The minimum absolute atomic E-state index is 0.0694. The predicted molar refractivity (Wildman–Crippen MR) is 58.2 cm³/mol. The van der Waals surface area contributed by atoms with E-state index in [1.165, 1.54) is 0 Å². The largest absolute Gasteiger partial charge is 0.481 e. The van der Waals surface area contributed by atoms with E-state index in [1.54, 1.807) is 13.0 Å². The molecule has 0 saturated carbocycles. The van der Waals surface area contributed by atoms with Gasteiger partial charge in [-0.3, -0.25) is 9.59 Å². The number of amides is 1. The summed E-state index contributed by atoms with van der Waals surface area (Å²) in [5, 5.41) is 10.7. The molecule has 0 rings (SSSR count). The fourth-order valence-electron chi connectivity index (χ4n) is 0.484. The smallest absolute Gasteiger partial charge is 0.304 e. The third kappa shape index (κ3) is 15.4. The number of carbonyl (C=O) groups is 2. The molecule has 6 N–H and O–H groups in total. The van der Waals surface area contributed by atoms with Crippen LogP contribution < -0.4 is 16.8 Å². The Kier molecular flexibility index (Phi) is 11.4. The number of carboxylic acids is 1. The predicted octanol–water partition coefficient (Wildman–Crippen LogP) is -0.944. The van der Waals surface area contributed by atoms with Crippen molar-refractivity contribution in [1.29, 1.82) is 0 Å². The Morgan fingerprint density at radius 2 is 2.13 bits per heavy atom. The molecule has 0 heterocycles. The van der Waals surface area contributed by atoms with Gasteiger partial charge in [-0.15, -0.1) is 6.58 Å². The van der Waals surface area contributed by atoms with Gasteiger partial charge >= 0.3 is 5.97 Å². The Morgan fingerprint density at radius 1 is 1.60 bits per heavy atom. The minimum Gasteiger partial charge on any atom is -0.481 e. The van der Waals surface area contributed by atoms with Crippen molar-refractivity contribution < 1.29 is 14.7 Å². The summed E-state index contributed by atoms with van der Waals surface area (Å²) in [6.07, 6.45) is 1.75. The maximum atomic E-state index is 10.3. The molecule has 0 aromatic carbocycles. The van der Waals surface area contributed by atoms with Gasteiger partial charge in [0.1, 0.15) is 0 Å². The number of hydrogen-bond donors (Lipinski definition) is 4. The monoisotopic (exact) mass is 217 g/mol. The third-order valence-electron chi connectivity index (χ3n) is 1.35. The van der Waals surface area contributed by atoms with Gasteiger partial charge in [-0.2, -0.15) is 0 Å². The van der Waals surface area contributed by atoms with Crippen molar-refractivity contribution in [2.75, 3.05) is 13.1 Å². The first-order valence-corrected chi connectivity index (χ1v) is 4.51.